The fourth-order valence-electron chi connectivity index (χ4n) is 1.10. The molecule has 0 atom stereocenters. The zero-order valence-electron chi connectivity index (χ0n) is 9.21. The number of amides is 2. The van der Waals surface area contributed by atoms with Crippen LogP contribution in [0.3, 0.4) is 0 Å². The van der Waals surface area contributed by atoms with Crippen LogP contribution in [-0.4, -0.2) is 29.8 Å². The van der Waals surface area contributed by atoms with Gasteiger partial charge in [-0.3, -0.25) is 0 Å². The van der Waals surface area contributed by atoms with Gasteiger partial charge in [0.2, 0.25) is 0 Å². The first kappa shape index (κ1) is 15.1. The van der Waals surface area contributed by atoms with Crippen molar-refractivity contribution in [3.8, 4) is 0 Å². The molecule has 0 fully saturated rings. The Balaban J connectivity index is 2.73. The Morgan fingerprint density at radius 2 is 1.95 bits per heavy atom. The maximum Gasteiger partial charge on any atom is 0.405 e. The van der Waals surface area contributed by atoms with Crippen LogP contribution in [0.5, 0.6) is 0 Å². The molecule has 5 nitrogen and oxygen atoms in total. The second-order valence-electron chi connectivity index (χ2n) is 3.42. The molecule has 3 N–H and O–H groups in total. The molecule has 0 saturated heterocycles. The van der Waals surface area contributed by atoms with E-state index >= 15 is 0 Å². The summed E-state index contributed by atoms with van der Waals surface area (Å²) in [5.74, 6) is -1.25. The summed E-state index contributed by atoms with van der Waals surface area (Å²) in [6, 6.07) is 2.31. The van der Waals surface area contributed by atoms with Crippen molar-refractivity contribution in [2.45, 2.75) is 6.18 Å². The molecule has 0 unspecified atom stereocenters. The highest BCUT2D eigenvalue weighted by atomic mass is 35.5. The van der Waals surface area contributed by atoms with Crippen LogP contribution >= 0.6 is 11.6 Å². The molecular weight excluding hydrogens is 289 g/mol. The Labute approximate surface area is 110 Å². The standard InChI is InChI=1S/C10H8ClF3N2O3/c11-6-2-1-5(8(17)18)3-7(6)16-9(19)15-4-10(12,13)14/h1-3H,4H2,(H,17,18)(H2,15,16,19). The Kier molecular flexibility index (Phi) is 4.60. The van der Waals surface area contributed by atoms with Gasteiger partial charge in [-0.05, 0) is 18.2 Å². The van der Waals surface area contributed by atoms with Crippen LogP contribution in [0, 0.1) is 0 Å². The average Bonchev–Trinajstić information content (AvgIpc) is 2.28. The number of carboxylic acids is 1. The summed E-state index contributed by atoms with van der Waals surface area (Å²) in [5, 5.41) is 12.3. The molecule has 0 aliphatic rings. The summed E-state index contributed by atoms with van der Waals surface area (Å²) in [7, 11) is 0. The first-order chi connectivity index (χ1) is 8.69. The van der Waals surface area contributed by atoms with Gasteiger partial charge in [0.1, 0.15) is 6.54 Å². The molecule has 0 heterocycles. The van der Waals surface area contributed by atoms with Crippen molar-refractivity contribution < 1.29 is 27.9 Å². The van der Waals surface area contributed by atoms with Crippen molar-refractivity contribution in [1.82, 2.24) is 5.32 Å². The number of carboxylic acid groups (broad SMARTS) is 1. The fourth-order valence-corrected chi connectivity index (χ4v) is 1.27. The summed E-state index contributed by atoms with van der Waals surface area (Å²) in [5.41, 5.74) is -0.253. The van der Waals surface area contributed by atoms with Gasteiger partial charge in [-0.1, -0.05) is 11.6 Å². The van der Waals surface area contributed by atoms with Crippen molar-refractivity contribution in [3.05, 3.63) is 28.8 Å². The summed E-state index contributed by atoms with van der Waals surface area (Å²) in [6.45, 7) is -1.50. The van der Waals surface area contributed by atoms with Crippen molar-refractivity contribution in [2.24, 2.45) is 0 Å². The highest BCUT2D eigenvalue weighted by Crippen LogP contribution is 2.23. The molecule has 0 spiro atoms. The number of alkyl halides is 3. The predicted molar refractivity (Wildman–Crippen MR) is 61.5 cm³/mol. The van der Waals surface area contributed by atoms with Gasteiger partial charge in [0.25, 0.3) is 0 Å². The van der Waals surface area contributed by atoms with Crippen LogP contribution in [0.1, 0.15) is 10.4 Å². The molecule has 0 radical (unpaired) electrons. The summed E-state index contributed by atoms with van der Waals surface area (Å²) >= 11 is 5.68. The number of aromatic carboxylic acids is 1. The third kappa shape index (κ3) is 5.04. The number of carbonyl (C=O) groups is 2. The number of hydrogen-bond donors (Lipinski definition) is 3. The van der Waals surface area contributed by atoms with E-state index in [9.17, 15) is 22.8 Å². The average molecular weight is 297 g/mol. The Morgan fingerprint density at radius 1 is 1.32 bits per heavy atom. The van der Waals surface area contributed by atoms with Crippen molar-refractivity contribution >= 4 is 29.3 Å². The monoisotopic (exact) mass is 296 g/mol. The number of hydrogen-bond acceptors (Lipinski definition) is 2. The molecule has 9 heteroatoms. The van der Waals surface area contributed by atoms with Gasteiger partial charge in [0, 0.05) is 0 Å². The molecule has 1 aromatic rings. The zero-order chi connectivity index (χ0) is 14.6. The maximum atomic E-state index is 11.9. The molecule has 1 rings (SSSR count). The van der Waals surface area contributed by atoms with Crippen molar-refractivity contribution in [1.29, 1.82) is 0 Å². The molecule has 19 heavy (non-hydrogen) atoms. The number of urea groups is 1. The number of halogens is 4. The van der Waals surface area contributed by atoms with E-state index in [1.807, 2.05) is 5.32 Å². The quantitative estimate of drug-likeness (QED) is 0.802. The summed E-state index contributed by atoms with van der Waals surface area (Å²) in [4.78, 5) is 21.9. The van der Waals surface area contributed by atoms with Gasteiger partial charge in [-0.25, -0.2) is 9.59 Å². The third-order valence-electron chi connectivity index (χ3n) is 1.91. The van der Waals surface area contributed by atoms with E-state index in [2.05, 4.69) is 0 Å². The number of carbonyl (C=O) groups excluding carboxylic acids is 1. The lowest BCUT2D eigenvalue weighted by atomic mass is 10.2. The van der Waals surface area contributed by atoms with Crippen LogP contribution in [0.25, 0.3) is 0 Å². The topological polar surface area (TPSA) is 78.4 Å². The third-order valence-corrected chi connectivity index (χ3v) is 2.24. The van der Waals surface area contributed by atoms with Gasteiger partial charge in [0.05, 0.1) is 16.3 Å². The summed E-state index contributed by atoms with van der Waals surface area (Å²) < 4.78 is 35.6. The van der Waals surface area contributed by atoms with Crippen LogP contribution in [0.15, 0.2) is 18.2 Å². The molecule has 1 aromatic carbocycles. The molecule has 104 valence electrons. The lowest BCUT2D eigenvalue weighted by molar-refractivity contribution is -0.122. The van der Waals surface area contributed by atoms with E-state index in [1.54, 1.807) is 5.32 Å². The molecule has 0 aromatic heterocycles. The molecule has 0 bridgehead atoms. The van der Waals surface area contributed by atoms with Crippen molar-refractivity contribution in [3.63, 3.8) is 0 Å². The van der Waals surface area contributed by atoms with Crippen LogP contribution < -0.4 is 10.6 Å². The number of benzene rings is 1. The highest BCUT2D eigenvalue weighted by molar-refractivity contribution is 6.33. The number of anilines is 1. The SMILES string of the molecule is O=C(NCC(F)(F)F)Nc1cc(C(=O)O)ccc1Cl. The van der Waals surface area contributed by atoms with E-state index in [1.165, 1.54) is 12.1 Å². The fraction of sp³-hybridized carbons (Fsp3) is 0.200. The van der Waals surface area contributed by atoms with Crippen LogP contribution in [0.2, 0.25) is 5.02 Å². The van der Waals surface area contributed by atoms with Gasteiger partial charge in [-0.15, -0.1) is 0 Å². The Bertz CT molecular complexity index is 505. The molecule has 2 amide bonds. The predicted octanol–water partition coefficient (Wildman–Crippen LogP) is 2.72. The van der Waals surface area contributed by atoms with E-state index in [4.69, 9.17) is 16.7 Å². The van der Waals surface area contributed by atoms with Gasteiger partial charge < -0.3 is 15.7 Å². The van der Waals surface area contributed by atoms with Gasteiger partial charge in [0.15, 0.2) is 0 Å². The maximum absolute atomic E-state index is 11.9. The minimum atomic E-state index is -4.54. The van der Waals surface area contributed by atoms with Gasteiger partial charge >= 0.3 is 18.2 Å². The minimum Gasteiger partial charge on any atom is -0.478 e. The highest BCUT2D eigenvalue weighted by Gasteiger charge is 2.27. The Morgan fingerprint density at radius 3 is 2.47 bits per heavy atom. The number of nitrogens with one attached hydrogen (secondary N) is 2. The van der Waals surface area contributed by atoms with E-state index in [-0.39, 0.29) is 16.3 Å². The largest absolute Gasteiger partial charge is 0.478 e. The summed E-state index contributed by atoms with van der Waals surface area (Å²) in [6.07, 6.45) is -4.54. The first-order valence-electron chi connectivity index (χ1n) is 4.83. The minimum absolute atomic E-state index is 0.00663. The van der Waals surface area contributed by atoms with Crippen LogP contribution in [-0.2, 0) is 0 Å². The number of rotatable bonds is 3. The van der Waals surface area contributed by atoms with E-state index < -0.39 is 24.7 Å². The molecule has 0 saturated carbocycles. The Hall–Kier alpha value is -1.96. The lowest BCUT2D eigenvalue weighted by Gasteiger charge is -2.11. The van der Waals surface area contributed by atoms with Gasteiger partial charge in [-0.2, -0.15) is 13.2 Å². The molecule has 0 aliphatic heterocycles. The van der Waals surface area contributed by atoms with Crippen LogP contribution in [0.4, 0.5) is 23.7 Å². The second-order valence-corrected chi connectivity index (χ2v) is 3.83. The lowest BCUT2D eigenvalue weighted by Crippen LogP contribution is -2.36. The van der Waals surface area contributed by atoms with E-state index in [0.717, 1.165) is 6.07 Å². The zero-order valence-corrected chi connectivity index (χ0v) is 9.97. The van der Waals surface area contributed by atoms with E-state index in [0.29, 0.717) is 0 Å². The smallest absolute Gasteiger partial charge is 0.405 e. The first-order valence-corrected chi connectivity index (χ1v) is 5.21. The normalized spacial score (nSPS) is 10.9. The molecule has 0 aliphatic carbocycles. The second kappa shape index (κ2) is 5.79. The molecular formula is C10H8ClF3N2O3. The van der Waals surface area contributed by atoms with Crippen molar-refractivity contribution in [2.75, 3.05) is 11.9 Å².